The zero-order chi connectivity index (χ0) is 19.2. The molecule has 0 bridgehead atoms. The van der Waals surface area contributed by atoms with Crippen LogP contribution < -0.4 is 10.6 Å². The molecule has 4 nitrogen and oxygen atoms in total. The van der Waals surface area contributed by atoms with Crippen molar-refractivity contribution in [3.05, 3.63) is 95.1 Å². The Morgan fingerprint density at radius 1 is 0.778 bits per heavy atom. The van der Waals surface area contributed by atoms with E-state index < -0.39 is 0 Å². The summed E-state index contributed by atoms with van der Waals surface area (Å²) in [5.41, 5.74) is 4.45. The van der Waals surface area contributed by atoms with Crippen LogP contribution in [0.3, 0.4) is 0 Å². The molecule has 0 radical (unpaired) electrons. The summed E-state index contributed by atoms with van der Waals surface area (Å²) in [4.78, 5) is 25.2. The Morgan fingerprint density at radius 3 is 2.11 bits per heavy atom. The number of hydrogen-bond donors (Lipinski definition) is 2. The molecule has 0 aromatic heterocycles. The van der Waals surface area contributed by atoms with Crippen molar-refractivity contribution in [3.8, 4) is 0 Å². The first-order valence-corrected chi connectivity index (χ1v) is 8.94. The van der Waals surface area contributed by atoms with Crippen molar-refractivity contribution in [1.29, 1.82) is 0 Å². The van der Waals surface area contributed by atoms with Crippen LogP contribution in [0.25, 0.3) is 0 Å². The summed E-state index contributed by atoms with van der Waals surface area (Å²) in [7, 11) is 0. The molecule has 0 aliphatic rings. The fourth-order valence-electron chi connectivity index (χ4n) is 2.71. The van der Waals surface area contributed by atoms with Crippen molar-refractivity contribution in [2.24, 2.45) is 0 Å². The summed E-state index contributed by atoms with van der Waals surface area (Å²) in [5.74, 6) is -0.512. The molecule has 0 aliphatic carbocycles. The maximum Gasteiger partial charge on any atom is 0.257 e. The minimum atomic E-state index is -0.265. The number of amides is 2. The lowest BCUT2D eigenvalue weighted by Gasteiger charge is -2.12. The molecule has 0 fully saturated rings. The molecule has 3 aromatic rings. The smallest absolute Gasteiger partial charge is 0.257 e. The monoisotopic (exact) mass is 358 g/mol. The Balaban J connectivity index is 1.77. The van der Waals surface area contributed by atoms with E-state index in [0.29, 0.717) is 16.8 Å². The number of hydrogen-bond acceptors (Lipinski definition) is 2. The van der Waals surface area contributed by atoms with Crippen LogP contribution in [0.5, 0.6) is 0 Å². The molecule has 2 amide bonds. The zero-order valence-electron chi connectivity index (χ0n) is 15.5. The Hall–Kier alpha value is -3.40. The third kappa shape index (κ3) is 4.61. The van der Waals surface area contributed by atoms with Crippen molar-refractivity contribution in [1.82, 2.24) is 0 Å². The molecule has 27 heavy (non-hydrogen) atoms. The minimum Gasteiger partial charge on any atom is -0.322 e. The molecule has 0 spiro atoms. The molecule has 3 rings (SSSR count). The lowest BCUT2D eigenvalue weighted by molar-refractivity contribution is 0.102. The van der Waals surface area contributed by atoms with E-state index in [9.17, 15) is 9.59 Å². The summed E-state index contributed by atoms with van der Waals surface area (Å²) in [5, 5.41) is 5.71. The van der Waals surface area contributed by atoms with Gasteiger partial charge in [0.15, 0.2) is 0 Å². The Kier molecular flexibility index (Phi) is 5.67. The summed E-state index contributed by atoms with van der Waals surface area (Å²) in [6.45, 7) is 4.05. The molecule has 0 atom stereocenters. The lowest BCUT2D eigenvalue weighted by atomic mass is 10.1. The molecule has 0 saturated heterocycles. The van der Waals surface area contributed by atoms with E-state index in [1.54, 1.807) is 36.4 Å². The first-order valence-electron chi connectivity index (χ1n) is 8.94. The second-order valence-electron chi connectivity index (χ2n) is 6.37. The van der Waals surface area contributed by atoms with Gasteiger partial charge in [0.2, 0.25) is 0 Å². The molecule has 4 heteroatoms. The van der Waals surface area contributed by atoms with Gasteiger partial charge in [0, 0.05) is 11.3 Å². The van der Waals surface area contributed by atoms with Gasteiger partial charge in [-0.3, -0.25) is 9.59 Å². The first kappa shape index (κ1) is 18.4. The van der Waals surface area contributed by atoms with E-state index >= 15 is 0 Å². The summed E-state index contributed by atoms with van der Waals surface area (Å²) in [6, 6.07) is 22.0. The Bertz CT molecular complexity index is 945. The van der Waals surface area contributed by atoms with Gasteiger partial charge in [0.25, 0.3) is 11.8 Å². The molecule has 0 heterocycles. The van der Waals surface area contributed by atoms with Crippen LogP contribution in [0.15, 0.2) is 72.8 Å². The average molecular weight is 358 g/mol. The van der Waals surface area contributed by atoms with Crippen LogP contribution in [-0.4, -0.2) is 11.8 Å². The standard InChI is InChI=1S/C23H22N2O2/c1-3-17-10-14-19(15-11-17)24-23(27)20-6-4-5-7-21(20)25-22(26)18-12-8-16(2)9-13-18/h4-15H,3H2,1-2H3,(H,24,27)(H,25,26). The van der Waals surface area contributed by atoms with E-state index in [0.717, 1.165) is 17.7 Å². The third-order valence-electron chi connectivity index (χ3n) is 4.35. The number of anilines is 2. The lowest BCUT2D eigenvalue weighted by Crippen LogP contribution is -2.18. The second-order valence-corrected chi connectivity index (χ2v) is 6.37. The van der Waals surface area contributed by atoms with Gasteiger partial charge >= 0.3 is 0 Å². The fraction of sp³-hybridized carbons (Fsp3) is 0.130. The van der Waals surface area contributed by atoms with Gasteiger partial charge in [-0.05, 0) is 55.3 Å². The van der Waals surface area contributed by atoms with Crippen LogP contribution in [0.4, 0.5) is 11.4 Å². The van der Waals surface area contributed by atoms with Crippen molar-refractivity contribution in [3.63, 3.8) is 0 Å². The van der Waals surface area contributed by atoms with E-state index in [2.05, 4.69) is 17.6 Å². The molecule has 136 valence electrons. The zero-order valence-corrected chi connectivity index (χ0v) is 15.5. The number of aryl methyl sites for hydroxylation is 2. The first-order chi connectivity index (χ1) is 13.1. The van der Waals surface area contributed by atoms with Crippen LogP contribution in [0, 0.1) is 6.92 Å². The van der Waals surface area contributed by atoms with Gasteiger partial charge in [-0.15, -0.1) is 0 Å². The van der Waals surface area contributed by atoms with Gasteiger partial charge < -0.3 is 10.6 Å². The van der Waals surface area contributed by atoms with Crippen LogP contribution in [0.1, 0.15) is 38.8 Å². The topological polar surface area (TPSA) is 58.2 Å². The molecule has 2 N–H and O–H groups in total. The normalized spacial score (nSPS) is 10.3. The number of benzene rings is 3. The van der Waals surface area contributed by atoms with E-state index in [1.165, 1.54) is 5.56 Å². The van der Waals surface area contributed by atoms with Crippen molar-refractivity contribution in [2.45, 2.75) is 20.3 Å². The van der Waals surface area contributed by atoms with E-state index in [-0.39, 0.29) is 11.8 Å². The SMILES string of the molecule is CCc1ccc(NC(=O)c2ccccc2NC(=O)c2ccc(C)cc2)cc1. The number of para-hydroxylation sites is 1. The van der Waals surface area contributed by atoms with E-state index in [4.69, 9.17) is 0 Å². The number of carbonyl (C=O) groups is 2. The highest BCUT2D eigenvalue weighted by Crippen LogP contribution is 2.19. The Labute approximate surface area is 159 Å². The summed E-state index contributed by atoms with van der Waals surface area (Å²) < 4.78 is 0. The highest BCUT2D eigenvalue weighted by molar-refractivity contribution is 6.12. The molecular formula is C23H22N2O2. The number of carbonyl (C=O) groups excluding carboxylic acids is 2. The Morgan fingerprint density at radius 2 is 1.44 bits per heavy atom. The number of rotatable bonds is 5. The summed E-state index contributed by atoms with van der Waals surface area (Å²) in [6.07, 6.45) is 0.947. The van der Waals surface area contributed by atoms with Crippen molar-refractivity contribution < 1.29 is 9.59 Å². The van der Waals surface area contributed by atoms with E-state index in [1.807, 2.05) is 43.3 Å². The van der Waals surface area contributed by atoms with Crippen LogP contribution >= 0.6 is 0 Å². The van der Waals surface area contributed by atoms with Crippen molar-refractivity contribution >= 4 is 23.2 Å². The van der Waals surface area contributed by atoms with Gasteiger partial charge in [-0.25, -0.2) is 0 Å². The maximum absolute atomic E-state index is 12.7. The number of nitrogens with one attached hydrogen (secondary N) is 2. The summed E-state index contributed by atoms with van der Waals surface area (Å²) >= 11 is 0. The third-order valence-corrected chi connectivity index (χ3v) is 4.35. The molecule has 3 aromatic carbocycles. The van der Waals surface area contributed by atoms with Gasteiger partial charge in [0.1, 0.15) is 0 Å². The highest BCUT2D eigenvalue weighted by atomic mass is 16.2. The van der Waals surface area contributed by atoms with Gasteiger partial charge in [-0.1, -0.05) is 48.9 Å². The van der Waals surface area contributed by atoms with Crippen LogP contribution in [-0.2, 0) is 6.42 Å². The molecule has 0 unspecified atom stereocenters. The highest BCUT2D eigenvalue weighted by Gasteiger charge is 2.14. The van der Waals surface area contributed by atoms with Gasteiger partial charge in [0.05, 0.1) is 11.3 Å². The van der Waals surface area contributed by atoms with Gasteiger partial charge in [-0.2, -0.15) is 0 Å². The second kappa shape index (κ2) is 8.32. The molecular weight excluding hydrogens is 336 g/mol. The fourth-order valence-corrected chi connectivity index (χ4v) is 2.71. The quantitative estimate of drug-likeness (QED) is 0.669. The van der Waals surface area contributed by atoms with Crippen LogP contribution in [0.2, 0.25) is 0 Å². The maximum atomic E-state index is 12.7. The predicted molar refractivity (Wildman–Crippen MR) is 109 cm³/mol. The minimum absolute atomic E-state index is 0.248. The van der Waals surface area contributed by atoms with Crippen molar-refractivity contribution in [2.75, 3.05) is 10.6 Å². The average Bonchev–Trinajstić information content (AvgIpc) is 2.69. The largest absolute Gasteiger partial charge is 0.322 e. The molecule has 0 saturated carbocycles. The molecule has 0 aliphatic heterocycles. The predicted octanol–water partition coefficient (Wildman–Crippen LogP) is 5.06.